The van der Waals surface area contributed by atoms with Crippen molar-refractivity contribution in [1.82, 2.24) is 0 Å². The fourth-order valence-corrected chi connectivity index (χ4v) is 3.73. The number of thioether (sulfide) groups is 1. The van der Waals surface area contributed by atoms with Crippen LogP contribution in [0, 0.1) is 10.1 Å². The van der Waals surface area contributed by atoms with Gasteiger partial charge in [0.15, 0.2) is 4.32 Å². The van der Waals surface area contributed by atoms with E-state index < -0.39 is 22.6 Å². The van der Waals surface area contributed by atoms with Crippen LogP contribution in [-0.2, 0) is 11.0 Å². The summed E-state index contributed by atoms with van der Waals surface area (Å²) < 4.78 is 38.9. The second kappa shape index (κ2) is 8.18. The Hall–Kier alpha value is -2.98. The minimum absolute atomic E-state index is 0.0379. The summed E-state index contributed by atoms with van der Waals surface area (Å²) in [6.45, 7) is 0. The molecule has 0 aromatic heterocycles. The molecule has 1 amide bonds. The smallest absolute Gasteiger partial charge is 0.268 e. The van der Waals surface area contributed by atoms with Gasteiger partial charge in [0.25, 0.3) is 11.6 Å². The predicted octanol–water partition coefficient (Wildman–Crippen LogP) is 5.58. The molecule has 0 unspecified atom stereocenters. The minimum atomic E-state index is -4.53. The van der Waals surface area contributed by atoms with E-state index in [0.717, 1.165) is 28.8 Å². The van der Waals surface area contributed by atoms with Gasteiger partial charge in [0.05, 0.1) is 21.1 Å². The predicted molar refractivity (Wildman–Crippen MR) is 109 cm³/mol. The fourth-order valence-electron chi connectivity index (χ4n) is 2.48. The number of hydrogen-bond acceptors (Lipinski definition) is 5. The second-order valence-electron chi connectivity index (χ2n) is 5.80. The lowest BCUT2D eigenvalue weighted by molar-refractivity contribution is -0.384. The van der Waals surface area contributed by atoms with Gasteiger partial charge in [0, 0.05) is 12.1 Å². The quantitative estimate of drug-likeness (QED) is 0.271. The number of rotatable bonds is 4. The Morgan fingerprint density at radius 2 is 1.83 bits per heavy atom. The lowest BCUT2D eigenvalue weighted by atomic mass is 10.2. The molecule has 1 aliphatic heterocycles. The Balaban J connectivity index is 1.79. The third kappa shape index (κ3) is 4.72. The number of thiocarbonyl (C=S) groups is 1. The number of nitrogens with zero attached hydrogens (tertiary/aromatic N) is 2. The first-order valence-electron chi connectivity index (χ1n) is 8.03. The van der Waals surface area contributed by atoms with Gasteiger partial charge < -0.3 is 0 Å². The highest BCUT2D eigenvalue weighted by Crippen LogP contribution is 2.37. The topological polar surface area (TPSA) is 63.4 Å². The van der Waals surface area contributed by atoms with Crippen molar-refractivity contribution in [3.8, 4) is 0 Å². The number of anilines is 1. The van der Waals surface area contributed by atoms with Crippen LogP contribution in [-0.4, -0.2) is 15.2 Å². The lowest BCUT2D eigenvalue weighted by Crippen LogP contribution is -2.27. The number of halogens is 3. The summed E-state index contributed by atoms with van der Waals surface area (Å²) >= 11 is 6.13. The summed E-state index contributed by atoms with van der Waals surface area (Å²) in [5, 5.41) is 10.6. The minimum Gasteiger partial charge on any atom is -0.268 e. The number of alkyl halides is 3. The SMILES string of the molecule is O=C1/C(=C\C=C\c2ccc([N+](=O)[O-])cc2)SC(=S)N1c1cccc(C(F)(F)F)c1. The van der Waals surface area contributed by atoms with Gasteiger partial charge in [-0.1, -0.05) is 42.2 Å². The van der Waals surface area contributed by atoms with E-state index in [1.54, 1.807) is 24.3 Å². The third-order valence-electron chi connectivity index (χ3n) is 3.87. The molecular weight excluding hydrogens is 425 g/mol. The Morgan fingerprint density at radius 3 is 2.45 bits per heavy atom. The van der Waals surface area contributed by atoms with Gasteiger partial charge in [-0.3, -0.25) is 19.8 Å². The van der Waals surface area contributed by atoms with Crippen LogP contribution in [0.25, 0.3) is 6.08 Å². The van der Waals surface area contributed by atoms with Crippen LogP contribution in [0.4, 0.5) is 24.5 Å². The molecule has 0 atom stereocenters. The highest BCUT2D eigenvalue weighted by molar-refractivity contribution is 8.27. The van der Waals surface area contributed by atoms with Crippen LogP contribution in [0.2, 0.25) is 0 Å². The van der Waals surface area contributed by atoms with Crippen molar-refractivity contribution in [2.45, 2.75) is 6.18 Å². The molecule has 0 saturated carbocycles. The van der Waals surface area contributed by atoms with E-state index in [0.29, 0.717) is 5.56 Å². The zero-order valence-corrected chi connectivity index (χ0v) is 16.1. The number of carbonyl (C=O) groups is 1. The van der Waals surface area contributed by atoms with E-state index >= 15 is 0 Å². The number of hydrogen-bond donors (Lipinski definition) is 0. The second-order valence-corrected chi connectivity index (χ2v) is 7.47. The van der Waals surface area contributed by atoms with E-state index in [-0.39, 0.29) is 20.6 Å². The molecule has 0 radical (unpaired) electrons. The maximum atomic E-state index is 12.9. The molecule has 1 heterocycles. The number of nitro groups is 1. The Kier molecular flexibility index (Phi) is 5.85. The van der Waals surface area contributed by atoms with Crippen LogP contribution >= 0.6 is 24.0 Å². The first-order valence-corrected chi connectivity index (χ1v) is 9.25. The number of amides is 1. The molecule has 1 aliphatic rings. The zero-order chi connectivity index (χ0) is 21.2. The first-order chi connectivity index (χ1) is 13.7. The molecule has 0 N–H and O–H groups in total. The summed E-state index contributed by atoms with van der Waals surface area (Å²) in [5.41, 5.74) is -0.180. The van der Waals surface area contributed by atoms with E-state index in [9.17, 15) is 28.1 Å². The standard InChI is InChI=1S/C19H11F3N2O3S2/c20-19(21,22)13-4-2-5-15(11-13)23-17(25)16(29-18(23)28)6-1-3-12-7-9-14(10-8-12)24(26)27/h1-11H/b3-1+,16-6+. The average molecular weight is 436 g/mol. The fraction of sp³-hybridized carbons (Fsp3) is 0.0526. The Labute approximate surface area is 172 Å². The van der Waals surface area contributed by atoms with Crippen molar-refractivity contribution < 1.29 is 22.9 Å². The monoisotopic (exact) mass is 436 g/mol. The molecule has 3 rings (SSSR count). The van der Waals surface area contributed by atoms with Crippen molar-refractivity contribution in [3.05, 3.63) is 86.8 Å². The summed E-state index contributed by atoms with van der Waals surface area (Å²) in [7, 11) is 0. The highest BCUT2D eigenvalue weighted by atomic mass is 32.2. The summed E-state index contributed by atoms with van der Waals surface area (Å²) in [5.74, 6) is -0.521. The molecule has 0 bridgehead atoms. The maximum absolute atomic E-state index is 12.9. The van der Waals surface area contributed by atoms with Gasteiger partial charge in [0.2, 0.25) is 0 Å². The van der Waals surface area contributed by atoms with Crippen LogP contribution in [0.5, 0.6) is 0 Å². The lowest BCUT2D eigenvalue weighted by Gasteiger charge is -2.16. The first kappa shape index (κ1) is 20.7. The molecule has 1 saturated heterocycles. The third-order valence-corrected chi connectivity index (χ3v) is 5.19. The van der Waals surface area contributed by atoms with E-state index in [1.165, 1.54) is 30.3 Å². The van der Waals surface area contributed by atoms with E-state index in [1.807, 2.05) is 0 Å². The van der Waals surface area contributed by atoms with Gasteiger partial charge in [-0.15, -0.1) is 0 Å². The number of benzene rings is 2. The molecule has 5 nitrogen and oxygen atoms in total. The van der Waals surface area contributed by atoms with Gasteiger partial charge in [-0.05, 0) is 42.0 Å². The van der Waals surface area contributed by atoms with Crippen molar-refractivity contribution in [1.29, 1.82) is 0 Å². The van der Waals surface area contributed by atoms with Crippen molar-refractivity contribution >= 4 is 51.7 Å². The summed E-state index contributed by atoms with van der Waals surface area (Å²) in [6, 6.07) is 10.2. The number of non-ortho nitro benzene ring substituents is 1. The number of allylic oxidation sites excluding steroid dienone is 2. The van der Waals surface area contributed by atoms with Gasteiger partial charge in [0.1, 0.15) is 0 Å². The molecule has 148 valence electrons. The zero-order valence-electron chi connectivity index (χ0n) is 14.4. The largest absolute Gasteiger partial charge is 0.416 e. The normalized spacial score (nSPS) is 16.2. The van der Waals surface area contributed by atoms with Gasteiger partial charge in [-0.25, -0.2) is 0 Å². The van der Waals surface area contributed by atoms with Gasteiger partial charge >= 0.3 is 6.18 Å². The molecule has 0 spiro atoms. The summed E-state index contributed by atoms with van der Waals surface area (Å²) in [6.07, 6.45) is 0.175. The molecule has 2 aromatic rings. The molecular formula is C19H11F3N2O3S2. The van der Waals surface area contributed by atoms with Crippen molar-refractivity contribution in [2.24, 2.45) is 0 Å². The van der Waals surface area contributed by atoms with Gasteiger partial charge in [-0.2, -0.15) is 13.2 Å². The Bertz CT molecular complexity index is 1050. The van der Waals surface area contributed by atoms with Crippen LogP contribution in [0.1, 0.15) is 11.1 Å². The number of carbonyl (C=O) groups excluding carboxylic acids is 1. The molecule has 10 heteroatoms. The van der Waals surface area contributed by atoms with E-state index in [4.69, 9.17) is 12.2 Å². The molecule has 0 aliphatic carbocycles. The number of nitro benzene ring substituents is 1. The van der Waals surface area contributed by atoms with E-state index in [2.05, 4.69) is 0 Å². The van der Waals surface area contributed by atoms with Crippen molar-refractivity contribution in [3.63, 3.8) is 0 Å². The molecule has 29 heavy (non-hydrogen) atoms. The van der Waals surface area contributed by atoms with Crippen LogP contribution in [0.3, 0.4) is 0 Å². The maximum Gasteiger partial charge on any atom is 0.416 e. The van der Waals surface area contributed by atoms with Crippen LogP contribution in [0.15, 0.2) is 65.6 Å². The van der Waals surface area contributed by atoms with Crippen LogP contribution < -0.4 is 4.90 Å². The molecule has 2 aromatic carbocycles. The average Bonchev–Trinajstić information content (AvgIpc) is 2.95. The van der Waals surface area contributed by atoms with Crippen molar-refractivity contribution in [2.75, 3.05) is 4.90 Å². The summed E-state index contributed by atoms with van der Waals surface area (Å²) in [4.78, 5) is 24.1. The highest BCUT2D eigenvalue weighted by Gasteiger charge is 2.35. The Morgan fingerprint density at radius 1 is 1.14 bits per heavy atom. The molecule has 1 fully saturated rings.